The molecule has 0 aliphatic rings. The lowest BCUT2D eigenvalue weighted by Crippen LogP contribution is -2.27. The van der Waals surface area contributed by atoms with Crippen molar-refractivity contribution in [3.05, 3.63) is 0 Å². The quantitative estimate of drug-likeness (QED) is 0.546. The normalized spacial score (nSPS) is 11.9. The van der Waals surface area contributed by atoms with Crippen molar-refractivity contribution < 1.29 is 27.5 Å². The molecule has 16 heavy (non-hydrogen) atoms. The third-order valence-electron chi connectivity index (χ3n) is 1.34. The molecule has 0 aliphatic carbocycles. The summed E-state index contributed by atoms with van der Waals surface area (Å²) in [6, 6.07) is 0. The van der Waals surface area contributed by atoms with Gasteiger partial charge in [-0.15, -0.1) is 0 Å². The van der Waals surface area contributed by atoms with Crippen LogP contribution in [0.3, 0.4) is 0 Å². The van der Waals surface area contributed by atoms with Crippen molar-refractivity contribution in [3.8, 4) is 0 Å². The minimum Gasteiger partial charge on any atom is -0.372 e. The maximum absolute atomic E-state index is 11.6. The van der Waals surface area contributed by atoms with E-state index in [0.717, 1.165) is 0 Å². The third kappa shape index (κ3) is 11.3. The maximum atomic E-state index is 11.6. The number of alkyl halides is 3. The van der Waals surface area contributed by atoms with Gasteiger partial charge in [-0.2, -0.15) is 13.2 Å². The molecular formula is C9H16F3NO3. The fraction of sp³-hybridized carbons (Fsp3) is 0.889. The molecule has 0 atom stereocenters. The van der Waals surface area contributed by atoms with Crippen LogP contribution >= 0.6 is 0 Å². The molecular weight excluding hydrogens is 227 g/mol. The topological polar surface area (TPSA) is 47.6 Å². The van der Waals surface area contributed by atoms with E-state index in [1.165, 1.54) is 0 Å². The van der Waals surface area contributed by atoms with E-state index in [2.05, 4.69) is 10.2 Å². The van der Waals surface area contributed by atoms with Crippen LogP contribution in [0.2, 0.25) is 0 Å². The van der Waals surface area contributed by atoms with Crippen molar-refractivity contribution in [2.45, 2.75) is 26.4 Å². The summed E-state index contributed by atoms with van der Waals surface area (Å²) < 4.78 is 39.1. The summed E-state index contributed by atoms with van der Waals surface area (Å²) in [5.41, 5.74) is 2.11. The van der Waals surface area contributed by atoms with Gasteiger partial charge in [0.25, 0.3) is 0 Å². The van der Waals surface area contributed by atoms with E-state index in [9.17, 15) is 18.0 Å². The Morgan fingerprint density at radius 1 is 1.38 bits per heavy atom. The zero-order valence-corrected chi connectivity index (χ0v) is 9.26. The molecule has 1 N–H and O–H groups in total. The summed E-state index contributed by atoms with van der Waals surface area (Å²) in [6.45, 7) is 2.54. The zero-order chi connectivity index (χ0) is 12.6. The molecule has 0 radical (unpaired) electrons. The number of hydrogen-bond acceptors (Lipinski definition) is 3. The van der Waals surface area contributed by atoms with Crippen molar-refractivity contribution in [1.82, 2.24) is 5.48 Å². The van der Waals surface area contributed by atoms with E-state index in [1.807, 2.05) is 13.8 Å². The highest BCUT2D eigenvalue weighted by Crippen LogP contribution is 2.14. The number of halogens is 3. The molecule has 0 saturated carbocycles. The molecule has 0 spiro atoms. The zero-order valence-electron chi connectivity index (χ0n) is 9.26. The number of ether oxygens (including phenoxy) is 1. The Bertz CT molecular complexity index is 207. The van der Waals surface area contributed by atoms with Gasteiger partial charge in [-0.05, 0) is 5.92 Å². The number of hydroxylamine groups is 1. The standard InChI is InChI=1S/C9H16F3NO3/c1-7(2)5-16-13-8(14)3-4-15-6-9(10,11)12/h7H,3-6H2,1-2H3,(H,13,14). The molecule has 0 fully saturated rings. The number of carbonyl (C=O) groups excluding carboxylic acids is 1. The molecule has 4 nitrogen and oxygen atoms in total. The van der Waals surface area contributed by atoms with Crippen molar-refractivity contribution in [1.29, 1.82) is 0 Å². The van der Waals surface area contributed by atoms with Crippen LogP contribution in [0.1, 0.15) is 20.3 Å². The van der Waals surface area contributed by atoms with E-state index in [4.69, 9.17) is 4.84 Å². The van der Waals surface area contributed by atoms with Crippen LogP contribution < -0.4 is 5.48 Å². The van der Waals surface area contributed by atoms with Gasteiger partial charge in [0.1, 0.15) is 6.61 Å². The summed E-state index contributed by atoms with van der Waals surface area (Å²) in [5, 5.41) is 0. The molecule has 0 rings (SSSR count). The number of rotatable bonds is 7. The van der Waals surface area contributed by atoms with Gasteiger partial charge in [0.15, 0.2) is 0 Å². The lowest BCUT2D eigenvalue weighted by atomic mass is 10.2. The Morgan fingerprint density at radius 2 is 2.00 bits per heavy atom. The Hall–Kier alpha value is -0.820. The number of nitrogens with one attached hydrogen (secondary N) is 1. The van der Waals surface area contributed by atoms with Crippen molar-refractivity contribution in [2.24, 2.45) is 5.92 Å². The molecule has 0 heterocycles. The second-order valence-corrected chi connectivity index (χ2v) is 3.65. The maximum Gasteiger partial charge on any atom is 0.411 e. The minimum absolute atomic E-state index is 0.159. The lowest BCUT2D eigenvalue weighted by molar-refractivity contribution is -0.175. The smallest absolute Gasteiger partial charge is 0.372 e. The van der Waals surface area contributed by atoms with Crippen LogP contribution in [0.25, 0.3) is 0 Å². The van der Waals surface area contributed by atoms with Crippen molar-refractivity contribution in [2.75, 3.05) is 19.8 Å². The highest BCUT2D eigenvalue weighted by molar-refractivity contribution is 5.74. The summed E-state index contributed by atoms with van der Waals surface area (Å²) in [4.78, 5) is 15.7. The first-order chi connectivity index (χ1) is 7.31. The van der Waals surface area contributed by atoms with Gasteiger partial charge in [0.05, 0.1) is 19.6 Å². The SMILES string of the molecule is CC(C)CONC(=O)CCOCC(F)(F)F. The number of carbonyl (C=O) groups is 1. The molecule has 0 aromatic carbocycles. The first-order valence-corrected chi connectivity index (χ1v) is 4.86. The molecule has 1 amide bonds. The van der Waals surface area contributed by atoms with Crippen LogP contribution in [0.4, 0.5) is 13.2 Å². The van der Waals surface area contributed by atoms with Crippen LogP contribution in [-0.2, 0) is 14.4 Å². The van der Waals surface area contributed by atoms with E-state index in [1.54, 1.807) is 0 Å². The summed E-state index contributed by atoms with van der Waals surface area (Å²) in [6.07, 6.45) is -4.52. The van der Waals surface area contributed by atoms with Crippen molar-refractivity contribution in [3.63, 3.8) is 0 Å². The van der Waals surface area contributed by atoms with E-state index in [0.29, 0.717) is 6.61 Å². The molecule has 0 bridgehead atoms. The Balaban J connectivity index is 3.38. The molecule has 0 unspecified atom stereocenters. The van der Waals surface area contributed by atoms with Gasteiger partial charge in [0.2, 0.25) is 5.91 Å². The number of amides is 1. The van der Waals surface area contributed by atoms with Crippen LogP contribution in [0, 0.1) is 5.92 Å². The molecule has 7 heteroatoms. The Kier molecular flexibility index (Phi) is 7.07. The minimum atomic E-state index is -4.36. The van der Waals surface area contributed by atoms with Crippen molar-refractivity contribution >= 4 is 5.91 Å². The monoisotopic (exact) mass is 243 g/mol. The Morgan fingerprint density at radius 3 is 2.50 bits per heavy atom. The summed E-state index contributed by atoms with van der Waals surface area (Å²) in [5.74, 6) is -0.232. The third-order valence-corrected chi connectivity index (χ3v) is 1.34. The second-order valence-electron chi connectivity index (χ2n) is 3.65. The summed E-state index contributed by atoms with van der Waals surface area (Å²) >= 11 is 0. The van der Waals surface area contributed by atoms with Gasteiger partial charge in [0, 0.05) is 0 Å². The van der Waals surface area contributed by atoms with Crippen LogP contribution in [0.5, 0.6) is 0 Å². The highest BCUT2D eigenvalue weighted by atomic mass is 19.4. The first kappa shape index (κ1) is 15.2. The van der Waals surface area contributed by atoms with Gasteiger partial charge >= 0.3 is 6.18 Å². The predicted octanol–water partition coefficient (Wildman–Crippen LogP) is 1.66. The lowest BCUT2D eigenvalue weighted by Gasteiger charge is -2.09. The van der Waals surface area contributed by atoms with Gasteiger partial charge < -0.3 is 4.74 Å². The Labute approximate surface area is 92.0 Å². The van der Waals surface area contributed by atoms with E-state index >= 15 is 0 Å². The first-order valence-electron chi connectivity index (χ1n) is 4.86. The van der Waals surface area contributed by atoms with Gasteiger partial charge in [-0.3, -0.25) is 9.63 Å². The van der Waals surface area contributed by atoms with Gasteiger partial charge in [-0.1, -0.05) is 13.8 Å². The largest absolute Gasteiger partial charge is 0.411 e. The highest BCUT2D eigenvalue weighted by Gasteiger charge is 2.27. The number of hydrogen-bond donors (Lipinski definition) is 1. The van der Waals surface area contributed by atoms with Crippen LogP contribution in [0.15, 0.2) is 0 Å². The fourth-order valence-electron chi connectivity index (χ4n) is 0.693. The second kappa shape index (κ2) is 7.45. The van der Waals surface area contributed by atoms with E-state index < -0.39 is 18.7 Å². The molecule has 96 valence electrons. The van der Waals surface area contributed by atoms with Gasteiger partial charge in [-0.25, -0.2) is 5.48 Å². The average molecular weight is 243 g/mol. The molecule has 0 aliphatic heterocycles. The van der Waals surface area contributed by atoms with E-state index in [-0.39, 0.29) is 18.9 Å². The molecule has 0 saturated heterocycles. The average Bonchev–Trinajstić information content (AvgIpc) is 2.10. The van der Waals surface area contributed by atoms with Crippen LogP contribution in [-0.4, -0.2) is 31.9 Å². The predicted molar refractivity (Wildman–Crippen MR) is 50.4 cm³/mol. The summed E-state index contributed by atoms with van der Waals surface area (Å²) in [7, 11) is 0. The molecule has 0 aromatic heterocycles. The molecule has 0 aromatic rings. The fourth-order valence-corrected chi connectivity index (χ4v) is 0.693.